The maximum Gasteiger partial charge on any atom is 0.308 e. The Morgan fingerprint density at radius 1 is 1.47 bits per heavy atom. The number of hydrogen-bond donors (Lipinski definition) is 1. The van der Waals surface area contributed by atoms with Crippen LogP contribution in [-0.2, 0) is 9.59 Å². The average molecular weight is 239 g/mol. The first-order valence-electron chi connectivity index (χ1n) is 6.26. The zero-order chi connectivity index (χ0) is 12.7. The molecule has 0 spiro atoms. The number of carbonyl (C=O) groups excluding carboxylic acids is 1. The number of piperidine rings is 1. The maximum absolute atomic E-state index is 11.6. The van der Waals surface area contributed by atoms with Gasteiger partial charge in [0.15, 0.2) is 0 Å². The number of amides is 1. The summed E-state index contributed by atoms with van der Waals surface area (Å²) in [7, 11) is 0. The Balaban J connectivity index is 2.27. The van der Waals surface area contributed by atoms with Crippen LogP contribution < -0.4 is 0 Å². The Labute approximate surface area is 102 Å². The lowest BCUT2D eigenvalue weighted by atomic mass is 9.97. The Morgan fingerprint density at radius 3 is 2.88 bits per heavy atom. The first-order chi connectivity index (χ1) is 8.15. The van der Waals surface area contributed by atoms with Crippen molar-refractivity contribution in [2.24, 2.45) is 5.92 Å². The molecule has 4 nitrogen and oxygen atoms in total. The first-order valence-corrected chi connectivity index (χ1v) is 6.26. The van der Waals surface area contributed by atoms with Crippen molar-refractivity contribution in [3.63, 3.8) is 0 Å². The van der Waals surface area contributed by atoms with Gasteiger partial charge in [-0.3, -0.25) is 9.59 Å². The van der Waals surface area contributed by atoms with E-state index in [1.165, 1.54) is 0 Å². The van der Waals surface area contributed by atoms with E-state index in [1.807, 2.05) is 6.08 Å². The molecule has 1 heterocycles. The van der Waals surface area contributed by atoms with E-state index in [0.717, 1.165) is 25.7 Å². The zero-order valence-electron chi connectivity index (χ0n) is 10.2. The van der Waals surface area contributed by atoms with E-state index in [-0.39, 0.29) is 11.8 Å². The van der Waals surface area contributed by atoms with Crippen molar-refractivity contribution in [1.29, 1.82) is 0 Å². The van der Waals surface area contributed by atoms with Gasteiger partial charge in [-0.05, 0) is 25.7 Å². The minimum Gasteiger partial charge on any atom is -0.481 e. The SMILES string of the molecule is C=CCCCCCN1CC(C(=O)O)CCC1=O. The third kappa shape index (κ3) is 4.59. The molecular formula is C13H21NO3. The minimum atomic E-state index is -0.783. The predicted molar refractivity (Wildman–Crippen MR) is 65.6 cm³/mol. The highest BCUT2D eigenvalue weighted by Gasteiger charge is 2.29. The fourth-order valence-corrected chi connectivity index (χ4v) is 2.10. The normalized spacial score (nSPS) is 20.4. The van der Waals surface area contributed by atoms with Crippen LogP contribution >= 0.6 is 0 Å². The second-order valence-corrected chi connectivity index (χ2v) is 4.55. The highest BCUT2D eigenvalue weighted by molar-refractivity contribution is 5.80. The molecule has 1 fully saturated rings. The molecular weight excluding hydrogens is 218 g/mol. The van der Waals surface area contributed by atoms with Gasteiger partial charge in [-0.15, -0.1) is 6.58 Å². The lowest BCUT2D eigenvalue weighted by Gasteiger charge is -2.30. The van der Waals surface area contributed by atoms with Crippen molar-refractivity contribution in [3.05, 3.63) is 12.7 Å². The summed E-state index contributed by atoms with van der Waals surface area (Å²) in [6.45, 7) is 4.74. The molecule has 17 heavy (non-hydrogen) atoms. The summed E-state index contributed by atoms with van der Waals surface area (Å²) < 4.78 is 0. The number of carboxylic acid groups (broad SMARTS) is 1. The molecule has 1 amide bonds. The standard InChI is InChI=1S/C13H21NO3/c1-2-3-4-5-6-9-14-10-11(13(16)17)7-8-12(14)15/h2,11H,1,3-10H2,(H,16,17). The van der Waals surface area contributed by atoms with Gasteiger partial charge in [0.25, 0.3) is 0 Å². The zero-order valence-corrected chi connectivity index (χ0v) is 10.2. The van der Waals surface area contributed by atoms with Crippen LogP contribution in [0.1, 0.15) is 38.5 Å². The van der Waals surface area contributed by atoms with Crippen LogP contribution in [0.15, 0.2) is 12.7 Å². The van der Waals surface area contributed by atoms with Gasteiger partial charge in [-0.2, -0.15) is 0 Å². The van der Waals surface area contributed by atoms with E-state index in [1.54, 1.807) is 4.90 Å². The number of aliphatic carboxylic acids is 1. The van der Waals surface area contributed by atoms with E-state index in [2.05, 4.69) is 6.58 Å². The summed E-state index contributed by atoms with van der Waals surface area (Å²) in [5.74, 6) is -1.05. The molecule has 0 aliphatic carbocycles. The Hall–Kier alpha value is -1.32. The smallest absolute Gasteiger partial charge is 0.308 e. The number of carboxylic acids is 1. The topological polar surface area (TPSA) is 57.6 Å². The molecule has 1 aliphatic heterocycles. The van der Waals surface area contributed by atoms with Gasteiger partial charge >= 0.3 is 5.97 Å². The summed E-state index contributed by atoms with van der Waals surface area (Å²) in [4.78, 5) is 24.2. The van der Waals surface area contributed by atoms with Crippen LogP contribution in [0.25, 0.3) is 0 Å². The van der Waals surface area contributed by atoms with E-state index >= 15 is 0 Å². The highest BCUT2D eigenvalue weighted by atomic mass is 16.4. The minimum absolute atomic E-state index is 0.103. The number of likely N-dealkylation sites (tertiary alicyclic amines) is 1. The predicted octanol–water partition coefficient (Wildman–Crippen LogP) is 2.06. The number of nitrogens with zero attached hydrogens (tertiary/aromatic N) is 1. The maximum atomic E-state index is 11.6. The Morgan fingerprint density at radius 2 is 2.24 bits per heavy atom. The molecule has 0 radical (unpaired) electrons. The number of rotatable bonds is 7. The summed E-state index contributed by atoms with van der Waals surface area (Å²) in [5, 5.41) is 8.93. The molecule has 1 atom stereocenters. The van der Waals surface area contributed by atoms with Gasteiger partial charge in [0, 0.05) is 19.5 Å². The molecule has 1 rings (SSSR count). The van der Waals surface area contributed by atoms with Crippen LogP contribution in [-0.4, -0.2) is 35.0 Å². The van der Waals surface area contributed by atoms with Crippen molar-refractivity contribution in [2.75, 3.05) is 13.1 Å². The van der Waals surface area contributed by atoms with Crippen molar-refractivity contribution in [3.8, 4) is 0 Å². The summed E-state index contributed by atoms with van der Waals surface area (Å²) in [6.07, 6.45) is 6.87. The monoisotopic (exact) mass is 239 g/mol. The van der Waals surface area contributed by atoms with Crippen molar-refractivity contribution < 1.29 is 14.7 Å². The van der Waals surface area contributed by atoms with Gasteiger partial charge in [0.05, 0.1) is 5.92 Å². The highest BCUT2D eigenvalue weighted by Crippen LogP contribution is 2.18. The van der Waals surface area contributed by atoms with Crippen LogP contribution in [0.4, 0.5) is 0 Å². The molecule has 1 unspecified atom stereocenters. The lowest BCUT2D eigenvalue weighted by Crippen LogP contribution is -2.42. The van der Waals surface area contributed by atoms with E-state index in [9.17, 15) is 9.59 Å². The van der Waals surface area contributed by atoms with E-state index in [0.29, 0.717) is 25.9 Å². The molecule has 0 saturated carbocycles. The summed E-state index contributed by atoms with van der Waals surface area (Å²) in [6, 6.07) is 0. The van der Waals surface area contributed by atoms with Crippen molar-refractivity contribution in [2.45, 2.75) is 38.5 Å². The molecule has 0 bridgehead atoms. The Bertz CT molecular complexity index is 288. The van der Waals surface area contributed by atoms with E-state index < -0.39 is 5.97 Å². The summed E-state index contributed by atoms with van der Waals surface area (Å²) >= 11 is 0. The summed E-state index contributed by atoms with van der Waals surface area (Å²) in [5.41, 5.74) is 0. The van der Waals surface area contributed by atoms with Crippen molar-refractivity contribution in [1.82, 2.24) is 4.90 Å². The average Bonchev–Trinajstić information content (AvgIpc) is 2.30. The third-order valence-corrected chi connectivity index (χ3v) is 3.19. The number of carbonyl (C=O) groups is 2. The molecule has 1 aliphatic rings. The van der Waals surface area contributed by atoms with Gasteiger partial charge in [0.2, 0.25) is 5.91 Å². The number of unbranched alkanes of at least 4 members (excludes halogenated alkanes) is 3. The first kappa shape index (κ1) is 13.7. The quantitative estimate of drug-likeness (QED) is 0.546. The van der Waals surface area contributed by atoms with Crippen LogP contribution in [0.2, 0.25) is 0 Å². The number of hydrogen-bond acceptors (Lipinski definition) is 2. The largest absolute Gasteiger partial charge is 0.481 e. The van der Waals surface area contributed by atoms with Gasteiger partial charge in [0.1, 0.15) is 0 Å². The molecule has 0 aromatic rings. The molecule has 0 aromatic heterocycles. The fourth-order valence-electron chi connectivity index (χ4n) is 2.10. The Kier molecular flexibility index (Phi) is 5.73. The fraction of sp³-hybridized carbons (Fsp3) is 0.692. The molecule has 0 aromatic carbocycles. The number of allylic oxidation sites excluding steroid dienone is 1. The van der Waals surface area contributed by atoms with Crippen molar-refractivity contribution >= 4 is 11.9 Å². The lowest BCUT2D eigenvalue weighted by molar-refractivity contribution is -0.147. The van der Waals surface area contributed by atoms with E-state index in [4.69, 9.17) is 5.11 Å². The molecule has 4 heteroatoms. The van der Waals surface area contributed by atoms with Crippen LogP contribution in [0, 0.1) is 5.92 Å². The second-order valence-electron chi connectivity index (χ2n) is 4.55. The van der Waals surface area contributed by atoms with Gasteiger partial charge in [-0.25, -0.2) is 0 Å². The van der Waals surface area contributed by atoms with Gasteiger partial charge in [-0.1, -0.05) is 12.5 Å². The van der Waals surface area contributed by atoms with Gasteiger partial charge < -0.3 is 10.0 Å². The van der Waals surface area contributed by atoms with Crippen LogP contribution in [0.5, 0.6) is 0 Å². The third-order valence-electron chi connectivity index (χ3n) is 3.19. The molecule has 1 saturated heterocycles. The van der Waals surface area contributed by atoms with Crippen LogP contribution in [0.3, 0.4) is 0 Å². The molecule has 1 N–H and O–H groups in total. The molecule has 96 valence electrons. The second kappa shape index (κ2) is 7.09.